The van der Waals surface area contributed by atoms with Crippen LogP contribution in [0.3, 0.4) is 0 Å². The lowest BCUT2D eigenvalue weighted by Crippen LogP contribution is -2.39. The number of nitrogens with zero attached hydrogens (tertiary/aromatic N) is 3. The van der Waals surface area contributed by atoms with Crippen LogP contribution in [-0.2, 0) is 4.74 Å². The van der Waals surface area contributed by atoms with Crippen LogP contribution in [-0.4, -0.2) is 55.5 Å². The molecular weight excluding hydrogens is 178 g/mol. The van der Waals surface area contributed by atoms with Crippen LogP contribution in [0.2, 0.25) is 0 Å². The van der Waals surface area contributed by atoms with E-state index in [1.165, 1.54) is 0 Å². The molecule has 0 aromatic rings. The van der Waals surface area contributed by atoms with Crippen LogP contribution in [0.15, 0.2) is 17.9 Å². The average molecular weight is 197 g/mol. The van der Waals surface area contributed by atoms with Crippen molar-refractivity contribution in [2.24, 2.45) is 5.10 Å². The van der Waals surface area contributed by atoms with E-state index >= 15 is 0 Å². The van der Waals surface area contributed by atoms with Gasteiger partial charge in [-0.15, -0.1) is 0 Å². The van der Waals surface area contributed by atoms with Gasteiger partial charge in [0.2, 0.25) is 0 Å². The van der Waals surface area contributed by atoms with E-state index in [0.29, 0.717) is 0 Å². The molecule has 0 aromatic heterocycles. The summed E-state index contributed by atoms with van der Waals surface area (Å²) in [5, 5.41) is 6.02. The van der Waals surface area contributed by atoms with Crippen molar-refractivity contribution in [1.82, 2.24) is 9.91 Å². The van der Waals surface area contributed by atoms with Gasteiger partial charge in [-0.1, -0.05) is 6.58 Å². The van der Waals surface area contributed by atoms with Gasteiger partial charge in [-0.3, -0.25) is 9.91 Å². The van der Waals surface area contributed by atoms with E-state index in [9.17, 15) is 0 Å². The molecule has 1 heterocycles. The van der Waals surface area contributed by atoms with Gasteiger partial charge in [-0.25, -0.2) is 0 Å². The molecule has 0 saturated carbocycles. The van der Waals surface area contributed by atoms with E-state index in [1.807, 2.05) is 11.9 Å². The van der Waals surface area contributed by atoms with Crippen molar-refractivity contribution in [1.29, 1.82) is 0 Å². The van der Waals surface area contributed by atoms with Crippen LogP contribution >= 0.6 is 0 Å². The second-order valence-electron chi connectivity index (χ2n) is 3.17. The van der Waals surface area contributed by atoms with Crippen LogP contribution in [0.4, 0.5) is 0 Å². The molecule has 1 rings (SSSR count). The Labute approximate surface area is 85.8 Å². The Hall–Kier alpha value is -0.870. The SMILES string of the molecule is C=CN(CCN1CCOCC1)/N=C\C. The lowest BCUT2D eigenvalue weighted by atomic mass is 10.4. The van der Waals surface area contributed by atoms with Crippen LogP contribution in [0.25, 0.3) is 0 Å². The van der Waals surface area contributed by atoms with Crippen LogP contribution in [0, 0.1) is 0 Å². The molecule has 4 nitrogen and oxygen atoms in total. The van der Waals surface area contributed by atoms with Crippen molar-refractivity contribution in [3.05, 3.63) is 12.8 Å². The van der Waals surface area contributed by atoms with E-state index in [0.717, 1.165) is 39.4 Å². The van der Waals surface area contributed by atoms with Gasteiger partial charge in [0.05, 0.1) is 19.8 Å². The molecular formula is C10H19N3O. The standard InChI is InChI=1S/C10H19N3O/c1-3-11-13(4-2)6-5-12-7-9-14-10-8-12/h3-4H,2,5-10H2,1H3/b11-3-. The fourth-order valence-corrected chi connectivity index (χ4v) is 1.41. The predicted molar refractivity (Wildman–Crippen MR) is 58.3 cm³/mol. The number of morpholine rings is 1. The van der Waals surface area contributed by atoms with Crippen molar-refractivity contribution >= 4 is 6.21 Å². The number of ether oxygens (including phenoxy) is 1. The third kappa shape index (κ3) is 3.89. The molecule has 1 saturated heterocycles. The molecule has 0 radical (unpaired) electrons. The summed E-state index contributed by atoms with van der Waals surface area (Å²) in [6, 6.07) is 0. The molecule has 80 valence electrons. The zero-order chi connectivity index (χ0) is 10.2. The summed E-state index contributed by atoms with van der Waals surface area (Å²) in [5.41, 5.74) is 0. The molecule has 0 atom stereocenters. The number of hydrogen-bond donors (Lipinski definition) is 0. The third-order valence-corrected chi connectivity index (χ3v) is 2.22. The molecule has 0 N–H and O–H groups in total. The average Bonchev–Trinajstić information content (AvgIpc) is 2.25. The normalized spacial score (nSPS) is 18.6. The first-order valence-corrected chi connectivity index (χ1v) is 5.04. The van der Waals surface area contributed by atoms with Crippen molar-refractivity contribution in [3.63, 3.8) is 0 Å². The van der Waals surface area contributed by atoms with Crippen molar-refractivity contribution < 1.29 is 4.74 Å². The Bertz CT molecular complexity index is 188. The minimum Gasteiger partial charge on any atom is -0.379 e. The fourth-order valence-electron chi connectivity index (χ4n) is 1.41. The summed E-state index contributed by atoms with van der Waals surface area (Å²) in [5.74, 6) is 0. The van der Waals surface area contributed by atoms with Gasteiger partial charge in [0, 0.05) is 32.0 Å². The van der Waals surface area contributed by atoms with Gasteiger partial charge in [-0.2, -0.15) is 5.10 Å². The van der Waals surface area contributed by atoms with Crippen molar-refractivity contribution in [2.75, 3.05) is 39.4 Å². The zero-order valence-electron chi connectivity index (χ0n) is 8.85. The van der Waals surface area contributed by atoms with Crippen molar-refractivity contribution in [3.8, 4) is 0 Å². The molecule has 1 aliphatic rings. The van der Waals surface area contributed by atoms with E-state index < -0.39 is 0 Å². The maximum Gasteiger partial charge on any atom is 0.0594 e. The summed E-state index contributed by atoms with van der Waals surface area (Å²) < 4.78 is 5.28. The van der Waals surface area contributed by atoms with E-state index in [-0.39, 0.29) is 0 Å². The van der Waals surface area contributed by atoms with Gasteiger partial charge < -0.3 is 4.74 Å². The summed E-state index contributed by atoms with van der Waals surface area (Å²) in [6.45, 7) is 11.3. The highest BCUT2D eigenvalue weighted by Gasteiger charge is 2.10. The topological polar surface area (TPSA) is 28.1 Å². The maximum absolute atomic E-state index is 5.28. The zero-order valence-corrected chi connectivity index (χ0v) is 8.85. The monoisotopic (exact) mass is 197 g/mol. The second kappa shape index (κ2) is 6.56. The predicted octanol–water partition coefficient (Wildman–Crippen LogP) is 0.770. The largest absolute Gasteiger partial charge is 0.379 e. The maximum atomic E-state index is 5.28. The Morgan fingerprint density at radius 3 is 2.79 bits per heavy atom. The first-order valence-electron chi connectivity index (χ1n) is 5.04. The van der Waals surface area contributed by atoms with Crippen LogP contribution < -0.4 is 0 Å². The van der Waals surface area contributed by atoms with E-state index in [1.54, 1.807) is 12.4 Å². The van der Waals surface area contributed by atoms with Gasteiger partial charge in [0.1, 0.15) is 0 Å². The lowest BCUT2D eigenvalue weighted by molar-refractivity contribution is 0.0354. The van der Waals surface area contributed by atoms with Crippen LogP contribution in [0.5, 0.6) is 0 Å². The molecule has 4 heteroatoms. The van der Waals surface area contributed by atoms with Gasteiger partial charge in [0.25, 0.3) is 0 Å². The molecule has 0 bridgehead atoms. The highest BCUT2D eigenvalue weighted by atomic mass is 16.5. The highest BCUT2D eigenvalue weighted by molar-refractivity contribution is 5.52. The minimum absolute atomic E-state index is 0.852. The molecule has 0 unspecified atom stereocenters. The van der Waals surface area contributed by atoms with E-state index in [2.05, 4.69) is 16.6 Å². The molecule has 14 heavy (non-hydrogen) atoms. The fraction of sp³-hybridized carbons (Fsp3) is 0.700. The lowest BCUT2D eigenvalue weighted by Gasteiger charge is -2.27. The minimum atomic E-state index is 0.852. The summed E-state index contributed by atoms with van der Waals surface area (Å²) >= 11 is 0. The first kappa shape index (κ1) is 11.2. The molecule has 1 aliphatic heterocycles. The smallest absolute Gasteiger partial charge is 0.0594 e. The Balaban J connectivity index is 2.19. The Kier molecular flexibility index (Phi) is 5.25. The molecule has 0 aliphatic carbocycles. The highest BCUT2D eigenvalue weighted by Crippen LogP contribution is 1.98. The van der Waals surface area contributed by atoms with Gasteiger partial charge in [-0.05, 0) is 6.92 Å². The Morgan fingerprint density at radius 2 is 2.21 bits per heavy atom. The molecule has 1 fully saturated rings. The molecule has 0 amide bonds. The van der Waals surface area contributed by atoms with Crippen molar-refractivity contribution in [2.45, 2.75) is 6.92 Å². The Morgan fingerprint density at radius 1 is 1.50 bits per heavy atom. The second-order valence-corrected chi connectivity index (χ2v) is 3.17. The van der Waals surface area contributed by atoms with Gasteiger partial charge in [0.15, 0.2) is 0 Å². The first-order chi connectivity index (χ1) is 6.86. The number of hydrogen-bond acceptors (Lipinski definition) is 4. The summed E-state index contributed by atoms with van der Waals surface area (Å²) in [6.07, 6.45) is 3.53. The summed E-state index contributed by atoms with van der Waals surface area (Å²) in [4.78, 5) is 2.38. The number of rotatable bonds is 5. The molecule has 0 spiro atoms. The third-order valence-electron chi connectivity index (χ3n) is 2.22. The van der Waals surface area contributed by atoms with Crippen LogP contribution in [0.1, 0.15) is 6.92 Å². The quantitative estimate of drug-likeness (QED) is 0.481. The number of hydrazone groups is 1. The summed E-state index contributed by atoms with van der Waals surface area (Å²) in [7, 11) is 0. The van der Waals surface area contributed by atoms with E-state index in [4.69, 9.17) is 4.74 Å². The molecule has 0 aromatic carbocycles. The van der Waals surface area contributed by atoms with Gasteiger partial charge >= 0.3 is 0 Å².